The number of nitrogens with zero attached hydrogens (tertiary/aromatic N) is 5. The van der Waals surface area contributed by atoms with Gasteiger partial charge in [-0.25, -0.2) is 4.98 Å². The van der Waals surface area contributed by atoms with Gasteiger partial charge in [-0.2, -0.15) is 10.1 Å². The molecule has 0 atom stereocenters. The maximum atomic E-state index is 12.0. The highest BCUT2D eigenvalue weighted by atomic mass is 35.5. The molecule has 1 saturated heterocycles. The van der Waals surface area contributed by atoms with Crippen molar-refractivity contribution in [2.45, 2.75) is 64.8 Å². The zero-order valence-corrected chi connectivity index (χ0v) is 21.5. The second-order valence-electron chi connectivity index (χ2n) is 10.1. The first kappa shape index (κ1) is 23.9. The van der Waals surface area contributed by atoms with Crippen LogP contribution in [-0.4, -0.2) is 49.7 Å². The number of piperidine rings is 1. The Morgan fingerprint density at radius 2 is 1.94 bits per heavy atom. The van der Waals surface area contributed by atoms with Crippen molar-refractivity contribution in [1.82, 2.24) is 24.6 Å². The fraction of sp³-hybridized carbons (Fsp3) is 0.538. The third-order valence-electron chi connectivity index (χ3n) is 8.00. The van der Waals surface area contributed by atoms with Gasteiger partial charge in [0, 0.05) is 49.4 Å². The highest BCUT2D eigenvalue weighted by Gasteiger charge is 2.38. The molecule has 1 saturated carbocycles. The molecule has 1 aliphatic heterocycles. The van der Waals surface area contributed by atoms with Crippen LogP contribution >= 0.6 is 11.6 Å². The summed E-state index contributed by atoms with van der Waals surface area (Å²) >= 11 is 6.45. The average Bonchev–Trinajstić information content (AvgIpc) is 3.15. The first-order valence-corrected chi connectivity index (χ1v) is 13.0. The van der Waals surface area contributed by atoms with E-state index in [-0.39, 0.29) is 5.91 Å². The average molecular weight is 496 g/mol. The number of likely N-dealkylation sites (tertiary alicyclic amines) is 1. The van der Waals surface area contributed by atoms with Crippen molar-refractivity contribution in [1.29, 1.82) is 0 Å². The third-order valence-corrected chi connectivity index (χ3v) is 8.27. The number of anilines is 3. The van der Waals surface area contributed by atoms with Crippen molar-refractivity contribution >= 4 is 45.9 Å². The molecule has 3 aromatic rings. The third kappa shape index (κ3) is 4.94. The Morgan fingerprint density at radius 1 is 1.20 bits per heavy atom. The number of fused-ring (bicyclic) bond motifs is 1. The second kappa shape index (κ2) is 9.64. The number of aryl methyl sites for hydroxylation is 2. The summed E-state index contributed by atoms with van der Waals surface area (Å²) in [5.74, 6) is 1.46. The number of amides is 1. The van der Waals surface area contributed by atoms with Gasteiger partial charge < -0.3 is 15.5 Å². The van der Waals surface area contributed by atoms with Gasteiger partial charge >= 0.3 is 0 Å². The van der Waals surface area contributed by atoms with Crippen LogP contribution in [0.1, 0.15) is 57.6 Å². The summed E-state index contributed by atoms with van der Waals surface area (Å²) < 4.78 is 1.89. The number of rotatable bonds is 5. The number of carbonyl (C=O) groups excluding carboxylic acids is 1. The largest absolute Gasteiger partial charge is 0.366 e. The summed E-state index contributed by atoms with van der Waals surface area (Å²) in [7, 11) is 1.95. The van der Waals surface area contributed by atoms with Crippen molar-refractivity contribution < 1.29 is 4.79 Å². The molecule has 3 heterocycles. The van der Waals surface area contributed by atoms with E-state index in [1.54, 1.807) is 6.20 Å². The Hall–Kier alpha value is -2.87. The molecule has 0 bridgehead atoms. The summed E-state index contributed by atoms with van der Waals surface area (Å²) in [6, 6.07) is 6.43. The van der Waals surface area contributed by atoms with E-state index >= 15 is 0 Å². The normalized spacial score (nSPS) is 18.2. The highest BCUT2D eigenvalue weighted by molar-refractivity contribution is 6.32. The summed E-state index contributed by atoms with van der Waals surface area (Å²) in [4.78, 5) is 23.1. The number of aromatic nitrogens is 4. The fourth-order valence-corrected chi connectivity index (χ4v) is 5.73. The lowest BCUT2D eigenvalue weighted by molar-refractivity contribution is -0.133. The second-order valence-corrected chi connectivity index (χ2v) is 10.5. The molecule has 2 fully saturated rings. The van der Waals surface area contributed by atoms with Gasteiger partial charge in [0.1, 0.15) is 5.02 Å². The molecule has 2 aromatic heterocycles. The lowest BCUT2D eigenvalue weighted by atomic mass is 9.67. The van der Waals surface area contributed by atoms with Crippen LogP contribution < -0.4 is 10.6 Å². The smallest absolute Gasteiger partial charge is 0.229 e. The number of carbonyl (C=O) groups is 1. The number of hydrogen-bond acceptors (Lipinski definition) is 6. The number of nitrogens with one attached hydrogen (secondary N) is 2. The lowest BCUT2D eigenvalue weighted by Crippen LogP contribution is -2.45. The molecule has 186 valence electrons. The SMILES string of the molecule is CCC(=O)N1CCC2(CCC(Nc3nc(Nc4ccc5c(C)n(C)nc5c4)ncc3Cl)CC2)CC1. The zero-order valence-electron chi connectivity index (χ0n) is 20.8. The monoisotopic (exact) mass is 495 g/mol. The van der Waals surface area contributed by atoms with Crippen molar-refractivity contribution in [3.8, 4) is 0 Å². The van der Waals surface area contributed by atoms with Crippen LogP contribution in [0.25, 0.3) is 10.9 Å². The van der Waals surface area contributed by atoms with Crippen molar-refractivity contribution in [3.05, 3.63) is 35.1 Å². The molecule has 1 aliphatic carbocycles. The Labute approximate surface area is 211 Å². The van der Waals surface area contributed by atoms with Gasteiger partial charge in [0.15, 0.2) is 5.82 Å². The van der Waals surface area contributed by atoms with Crippen LogP contribution in [0, 0.1) is 12.3 Å². The summed E-state index contributed by atoms with van der Waals surface area (Å²) in [5.41, 5.74) is 3.34. The molecule has 9 heteroatoms. The topological polar surface area (TPSA) is 88.0 Å². The van der Waals surface area contributed by atoms with Crippen molar-refractivity contribution in [3.63, 3.8) is 0 Å². The summed E-state index contributed by atoms with van der Waals surface area (Å²) in [6.07, 6.45) is 9.01. The number of hydrogen-bond donors (Lipinski definition) is 2. The van der Waals surface area contributed by atoms with E-state index in [9.17, 15) is 4.79 Å². The number of benzene rings is 1. The maximum absolute atomic E-state index is 12.0. The molecule has 35 heavy (non-hydrogen) atoms. The van der Waals surface area contributed by atoms with Crippen molar-refractivity contribution in [2.75, 3.05) is 23.7 Å². The minimum atomic E-state index is 0.285. The molecule has 5 rings (SSSR count). The van der Waals surface area contributed by atoms with E-state index in [1.807, 2.05) is 35.7 Å². The lowest BCUT2D eigenvalue weighted by Gasteiger charge is -2.46. The Kier molecular flexibility index (Phi) is 6.57. The first-order chi connectivity index (χ1) is 16.9. The van der Waals surface area contributed by atoms with Crippen LogP contribution in [-0.2, 0) is 11.8 Å². The molecule has 0 radical (unpaired) electrons. The zero-order chi connectivity index (χ0) is 24.6. The van der Waals surface area contributed by atoms with Gasteiger partial charge in [-0.05, 0) is 69.1 Å². The molecule has 2 N–H and O–H groups in total. The fourth-order valence-electron chi connectivity index (χ4n) is 5.59. The van der Waals surface area contributed by atoms with Gasteiger partial charge in [-0.3, -0.25) is 9.48 Å². The Balaban J connectivity index is 1.21. The maximum Gasteiger partial charge on any atom is 0.229 e. The molecule has 1 spiro atoms. The van der Waals surface area contributed by atoms with Gasteiger partial charge in [0.05, 0.1) is 11.7 Å². The minimum absolute atomic E-state index is 0.285. The van der Waals surface area contributed by atoms with Crippen molar-refractivity contribution in [2.24, 2.45) is 12.5 Å². The van der Waals surface area contributed by atoms with E-state index in [0.29, 0.717) is 34.7 Å². The van der Waals surface area contributed by atoms with Crippen LogP contribution in [0.5, 0.6) is 0 Å². The summed E-state index contributed by atoms with van der Waals surface area (Å²) in [5, 5.41) is 13.1. The first-order valence-electron chi connectivity index (χ1n) is 12.6. The van der Waals surface area contributed by atoms with Gasteiger partial charge in [-0.15, -0.1) is 0 Å². The molecular weight excluding hydrogens is 462 g/mol. The quantitative estimate of drug-likeness (QED) is 0.490. The van der Waals surface area contributed by atoms with E-state index in [2.05, 4.69) is 38.7 Å². The van der Waals surface area contributed by atoms with E-state index in [4.69, 9.17) is 11.6 Å². The molecular formula is C26H34ClN7O. The van der Waals surface area contributed by atoms with Gasteiger partial charge in [0.25, 0.3) is 0 Å². The predicted molar refractivity (Wildman–Crippen MR) is 140 cm³/mol. The van der Waals surface area contributed by atoms with E-state index in [1.165, 1.54) is 12.8 Å². The van der Waals surface area contributed by atoms with Crippen LogP contribution in [0.3, 0.4) is 0 Å². The van der Waals surface area contributed by atoms with E-state index in [0.717, 1.165) is 61.1 Å². The Morgan fingerprint density at radius 3 is 2.66 bits per heavy atom. The molecule has 1 amide bonds. The molecule has 0 unspecified atom stereocenters. The van der Waals surface area contributed by atoms with E-state index < -0.39 is 0 Å². The summed E-state index contributed by atoms with van der Waals surface area (Å²) in [6.45, 7) is 5.82. The predicted octanol–water partition coefficient (Wildman–Crippen LogP) is 5.44. The highest BCUT2D eigenvalue weighted by Crippen LogP contribution is 2.45. The standard InChI is InChI=1S/C26H34ClN7O/c1-4-23(35)34-13-11-26(12-14-34)9-7-18(8-10-26)29-24-21(27)16-28-25(31-24)30-19-5-6-20-17(2)33(3)32-22(20)15-19/h5-6,15-16,18H,4,7-14H2,1-3H3,(H2,28,29,30,31). The van der Waals surface area contributed by atoms with Crippen LogP contribution in [0.2, 0.25) is 5.02 Å². The van der Waals surface area contributed by atoms with Gasteiger partial charge in [-0.1, -0.05) is 18.5 Å². The molecule has 2 aliphatic rings. The molecule has 8 nitrogen and oxygen atoms in total. The van der Waals surface area contributed by atoms with Crippen LogP contribution in [0.15, 0.2) is 24.4 Å². The Bertz CT molecular complexity index is 1220. The minimum Gasteiger partial charge on any atom is -0.366 e. The van der Waals surface area contributed by atoms with Crippen LogP contribution in [0.4, 0.5) is 17.5 Å². The van der Waals surface area contributed by atoms with Gasteiger partial charge in [0.2, 0.25) is 11.9 Å². The molecule has 1 aromatic carbocycles. The number of halogens is 1.